The summed E-state index contributed by atoms with van der Waals surface area (Å²) in [5.74, 6) is 2.73. The molecule has 1 saturated carbocycles. The number of pyridine rings is 1. The van der Waals surface area contributed by atoms with Crippen LogP contribution in [-0.2, 0) is 6.54 Å². The number of hydrogen-bond donors (Lipinski definition) is 0. The Morgan fingerprint density at radius 3 is 2.52 bits per heavy atom. The first-order valence-electron chi connectivity index (χ1n) is 8.40. The van der Waals surface area contributed by atoms with Gasteiger partial charge in [0.05, 0.1) is 5.69 Å². The van der Waals surface area contributed by atoms with E-state index >= 15 is 0 Å². The van der Waals surface area contributed by atoms with Gasteiger partial charge in [0.15, 0.2) is 0 Å². The SMILES string of the molecule is C1=CC2CC1CC2CN1CCN(Cc2ccccn2)CC1. The second kappa shape index (κ2) is 5.90. The number of piperazine rings is 1. The first kappa shape index (κ1) is 13.5. The van der Waals surface area contributed by atoms with E-state index in [0.717, 1.165) is 24.3 Å². The molecule has 0 amide bonds. The van der Waals surface area contributed by atoms with Gasteiger partial charge in [-0.25, -0.2) is 0 Å². The summed E-state index contributed by atoms with van der Waals surface area (Å²) in [7, 11) is 0. The van der Waals surface area contributed by atoms with Crippen molar-refractivity contribution in [3.05, 3.63) is 42.2 Å². The van der Waals surface area contributed by atoms with Crippen LogP contribution in [0.1, 0.15) is 18.5 Å². The van der Waals surface area contributed by atoms with E-state index in [2.05, 4.69) is 39.1 Å². The molecule has 0 radical (unpaired) electrons. The number of hydrogen-bond acceptors (Lipinski definition) is 3. The van der Waals surface area contributed by atoms with Crippen LogP contribution in [0.15, 0.2) is 36.5 Å². The Labute approximate surface area is 127 Å². The van der Waals surface area contributed by atoms with Crippen molar-refractivity contribution in [3.8, 4) is 0 Å². The normalized spacial score (nSPS) is 32.9. The Morgan fingerprint density at radius 1 is 1.00 bits per heavy atom. The monoisotopic (exact) mass is 283 g/mol. The number of rotatable bonds is 4. The lowest BCUT2D eigenvalue weighted by molar-refractivity contribution is 0.107. The fourth-order valence-electron chi connectivity index (χ4n) is 4.29. The molecular formula is C18H25N3. The third kappa shape index (κ3) is 3.04. The Morgan fingerprint density at radius 2 is 1.86 bits per heavy atom. The molecule has 0 aromatic carbocycles. The molecule has 21 heavy (non-hydrogen) atoms. The largest absolute Gasteiger partial charge is 0.300 e. The molecule has 1 aromatic rings. The summed E-state index contributed by atoms with van der Waals surface area (Å²) < 4.78 is 0. The van der Waals surface area contributed by atoms with E-state index in [4.69, 9.17) is 0 Å². The van der Waals surface area contributed by atoms with Crippen LogP contribution in [-0.4, -0.2) is 47.5 Å². The molecule has 2 aliphatic carbocycles. The smallest absolute Gasteiger partial charge is 0.0543 e. The standard InChI is InChI=1S/C18H25N3/c1-2-6-19-18(3-1)14-21-9-7-20(8-10-21)13-17-12-15-4-5-16(17)11-15/h1-6,15-17H,7-14H2. The van der Waals surface area contributed by atoms with Gasteiger partial charge in [0.25, 0.3) is 0 Å². The number of nitrogens with zero attached hydrogens (tertiary/aromatic N) is 3. The third-order valence-electron chi connectivity index (χ3n) is 5.49. The van der Waals surface area contributed by atoms with Crippen molar-refractivity contribution in [1.82, 2.24) is 14.8 Å². The number of allylic oxidation sites excluding steroid dienone is 2. The molecule has 3 nitrogen and oxygen atoms in total. The lowest BCUT2D eigenvalue weighted by Crippen LogP contribution is -2.47. The minimum atomic E-state index is 0.890. The Hall–Kier alpha value is -1.19. The molecule has 3 heteroatoms. The maximum absolute atomic E-state index is 4.44. The van der Waals surface area contributed by atoms with Gasteiger partial charge in [-0.3, -0.25) is 9.88 Å². The summed E-state index contributed by atoms with van der Waals surface area (Å²) in [6.45, 7) is 7.16. The summed E-state index contributed by atoms with van der Waals surface area (Å²) in [5, 5.41) is 0. The van der Waals surface area contributed by atoms with Crippen LogP contribution in [0.4, 0.5) is 0 Å². The first-order chi connectivity index (χ1) is 10.4. The second-order valence-electron chi connectivity index (χ2n) is 6.94. The summed E-state index contributed by atoms with van der Waals surface area (Å²) >= 11 is 0. The number of fused-ring (bicyclic) bond motifs is 2. The van der Waals surface area contributed by atoms with E-state index in [1.807, 2.05) is 12.3 Å². The number of aromatic nitrogens is 1. The Kier molecular flexibility index (Phi) is 3.78. The molecule has 1 aliphatic heterocycles. The minimum absolute atomic E-state index is 0.890. The Balaban J connectivity index is 1.24. The predicted octanol–water partition coefficient (Wildman–Crippen LogP) is 2.41. The van der Waals surface area contributed by atoms with E-state index in [0.29, 0.717) is 0 Å². The summed E-state index contributed by atoms with van der Waals surface area (Å²) in [6, 6.07) is 6.21. The topological polar surface area (TPSA) is 19.4 Å². The average molecular weight is 283 g/mol. The van der Waals surface area contributed by atoms with E-state index in [-0.39, 0.29) is 0 Å². The average Bonchev–Trinajstić information content (AvgIpc) is 3.13. The van der Waals surface area contributed by atoms with Crippen molar-refractivity contribution in [2.75, 3.05) is 32.7 Å². The molecule has 3 aliphatic rings. The lowest BCUT2D eigenvalue weighted by Gasteiger charge is -2.36. The van der Waals surface area contributed by atoms with Gasteiger partial charge in [0.1, 0.15) is 0 Å². The zero-order chi connectivity index (χ0) is 14.1. The third-order valence-corrected chi connectivity index (χ3v) is 5.49. The van der Waals surface area contributed by atoms with E-state index in [9.17, 15) is 0 Å². The fourth-order valence-corrected chi connectivity index (χ4v) is 4.29. The highest BCUT2D eigenvalue weighted by Crippen LogP contribution is 2.43. The van der Waals surface area contributed by atoms with Crippen LogP contribution in [0.3, 0.4) is 0 Å². The van der Waals surface area contributed by atoms with Crippen molar-refractivity contribution in [1.29, 1.82) is 0 Å². The molecule has 0 spiro atoms. The summed E-state index contributed by atoms with van der Waals surface area (Å²) in [5.41, 5.74) is 1.20. The van der Waals surface area contributed by atoms with Gasteiger partial charge in [-0.05, 0) is 42.7 Å². The van der Waals surface area contributed by atoms with Crippen LogP contribution < -0.4 is 0 Å². The van der Waals surface area contributed by atoms with Gasteiger partial charge < -0.3 is 4.90 Å². The predicted molar refractivity (Wildman–Crippen MR) is 84.8 cm³/mol. The van der Waals surface area contributed by atoms with Crippen molar-refractivity contribution < 1.29 is 0 Å². The van der Waals surface area contributed by atoms with Gasteiger partial charge >= 0.3 is 0 Å². The second-order valence-corrected chi connectivity index (χ2v) is 6.94. The molecular weight excluding hydrogens is 258 g/mol. The molecule has 0 N–H and O–H groups in total. The maximum atomic E-state index is 4.44. The maximum Gasteiger partial charge on any atom is 0.0543 e. The zero-order valence-corrected chi connectivity index (χ0v) is 12.7. The van der Waals surface area contributed by atoms with Crippen LogP contribution >= 0.6 is 0 Å². The van der Waals surface area contributed by atoms with Crippen molar-refractivity contribution in [2.24, 2.45) is 17.8 Å². The zero-order valence-electron chi connectivity index (χ0n) is 12.7. The molecule has 2 heterocycles. The molecule has 2 fully saturated rings. The highest BCUT2D eigenvalue weighted by atomic mass is 15.3. The molecule has 3 atom stereocenters. The molecule has 2 bridgehead atoms. The van der Waals surface area contributed by atoms with Gasteiger partial charge in [-0.2, -0.15) is 0 Å². The van der Waals surface area contributed by atoms with Gasteiger partial charge in [-0.1, -0.05) is 18.2 Å². The van der Waals surface area contributed by atoms with Gasteiger partial charge in [0, 0.05) is 45.5 Å². The van der Waals surface area contributed by atoms with Crippen LogP contribution in [0.2, 0.25) is 0 Å². The highest BCUT2D eigenvalue weighted by molar-refractivity contribution is 5.10. The van der Waals surface area contributed by atoms with Crippen molar-refractivity contribution in [2.45, 2.75) is 19.4 Å². The van der Waals surface area contributed by atoms with Gasteiger partial charge in [-0.15, -0.1) is 0 Å². The van der Waals surface area contributed by atoms with E-state index in [1.54, 1.807) is 0 Å². The molecule has 1 saturated heterocycles. The lowest BCUT2D eigenvalue weighted by atomic mass is 9.93. The molecule has 112 valence electrons. The van der Waals surface area contributed by atoms with Crippen LogP contribution in [0, 0.1) is 17.8 Å². The highest BCUT2D eigenvalue weighted by Gasteiger charge is 2.36. The quantitative estimate of drug-likeness (QED) is 0.791. The van der Waals surface area contributed by atoms with Crippen molar-refractivity contribution in [3.63, 3.8) is 0 Å². The van der Waals surface area contributed by atoms with E-state index in [1.165, 1.54) is 51.3 Å². The molecule has 3 unspecified atom stereocenters. The summed E-state index contributed by atoms with van der Waals surface area (Å²) in [4.78, 5) is 9.67. The van der Waals surface area contributed by atoms with Crippen molar-refractivity contribution >= 4 is 0 Å². The molecule has 1 aromatic heterocycles. The minimum Gasteiger partial charge on any atom is -0.300 e. The van der Waals surface area contributed by atoms with Crippen LogP contribution in [0.25, 0.3) is 0 Å². The first-order valence-corrected chi connectivity index (χ1v) is 8.40. The summed E-state index contributed by atoms with van der Waals surface area (Å²) in [6.07, 6.45) is 9.70. The van der Waals surface area contributed by atoms with Crippen LogP contribution in [0.5, 0.6) is 0 Å². The van der Waals surface area contributed by atoms with E-state index < -0.39 is 0 Å². The van der Waals surface area contributed by atoms with Gasteiger partial charge in [0.2, 0.25) is 0 Å². The fraction of sp³-hybridized carbons (Fsp3) is 0.611. The Bertz CT molecular complexity index is 490. The molecule has 4 rings (SSSR count).